The highest BCUT2D eigenvalue weighted by Gasteiger charge is 2.24. The molecule has 1 aliphatic rings. The van der Waals surface area contributed by atoms with Crippen LogP contribution in [0.3, 0.4) is 0 Å². The van der Waals surface area contributed by atoms with Crippen LogP contribution in [0.5, 0.6) is 0 Å². The highest BCUT2D eigenvalue weighted by molar-refractivity contribution is 7.91. The van der Waals surface area contributed by atoms with E-state index in [0.717, 1.165) is 18.5 Å². The van der Waals surface area contributed by atoms with E-state index in [4.69, 9.17) is 0 Å². The minimum absolute atomic E-state index is 0.0264. The minimum atomic E-state index is -2.85. The van der Waals surface area contributed by atoms with Gasteiger partial charge in [0.05, 0.1) is 23.4 Å². The molecule has 1 aliphatic heterocycles. The van der Waals surface area contributed by atoms with E-state index in [0.29, 0.717) is 11.8 Å². The lowest BCUT2D eigenvalue weighted by atomic mass is 10.2. The van der Waals surface area contributed by atoms with Gasteiger partial charge in [-0.2, -0.15) is 5.10 Å². The first-order valence-electron chi connectivity index (χ1n) is 5.97. The molecule has 2 heterocycles. The Morgan fingerprint density at radius 1 is 1.53 bits per heavy atom. The van der Waals surface area contributed by atoms with E-state index in [1.807, 2.05) is 10.9 Å². The van der Waals surface area contributed by atoms with Crippen molar-refractivity contribution in [3.05, 3.63) is 12.4 Å². The van der Waals surface area contributed by atoms with Crippen LogP contribution in [0.4, 0.5) is 5.69 Å². The van der Waals surface area contributed by atoms with Gasteiger partial charge >= 0.3 is 0 Å². The van der Waals surface area contributed by atoms with Crippen molar-refractivity contribution in [2.24, 2.45) is 0 Å². The average molecular weight is 257 g/mol. The van der Waals surface area contributed by atoms with Crippen LogP contribution in [0.25, 0.3) is 0 Å². The molecule has 1 atom stereocenters. The minimum Gasteiger partial charge on any atom is -0.379 e. The molecule has 2 rings (SSSR count). The Morgan fingerprint density at radius 3 is 2.88 bits per heavy atom. The third kappa shape index (κ3) is 3.21. The van der Waals surface area contributed by atoms with E-state index < -0.39 is 9.84 Å². The molecule has 0 amide bonds. The summed E-state index contributed by atoms with van der Waals surface area (Å²) >= 11 is 0. The summed E-state index contributed by atoms with van der Waals surface area (Å²) in [6.45, 7) is 4.11. The first-order valence-corrected chi connectivity index (χ1v) is 7.79. The van der Waals surface area contributed by atoms with Gasteiger partial charge in [0.2, 0.25) is 0 Å². The molecular formula is C11H19N3O2S. The lowest BCUT2D eigenvalue weighted by Crippen LogP contribution is -2.34. The molecule has 1 N–H and O–H groups in total. The zero-order chi connectivity index (χ0) is 12.5. The fourth-order valence-electron chi connectivity index (χ4n) is 2.07. The molecule has 0 bridgehead atoms. The number of aromatic nitrogens is 2. The van der Waals surface area contributed by atoms with Gasteiger partial charge in [-0.3, -0.25) is 4.68 Å². The second kappa shape index (κ2) is 4.68. The van der Waals surface area contributed by atoms with Gasteiger partial charge in [0, 0.05) is 18.3 Å². The molecule has 0 saturated carbocycles. The van der Waals surface area contributed by atoms with Crippen LogP contribution in [0, 0.1) is 0 Å². The van der Waals surface area contributed by atoms with Crippen molar-refractivity contribution in [1.29, 1.82) is 0 Å². The van der Waals surface area contributed by atoms with Gasteiger partial charge in [-0.1, -0.05) is 0 Å². The van der Waals surface area contributed by atoms with Gasteiger partial charge in [-0.15, -0.1) is 0 Å². The number of hydrogen-bond acceptors (Lipinski definition) is 4. The van der Waals surface area contributed by atoms with Crippen molar-refractivity contribution >= 4 is 15.5 Å². The van der Waals surface area contributed by atoms with Crippen LogP contribution in [0.2, 0.25) is 0 Å². The van der Waals surface area contributed by atoms with Gasteiger partial charge in [-0.05, 0) is 26.7 Å². The van der Waals surface area contributed by atoms with Crippen LogP contribution in [0.15, 0.2) is 12.4 Å². The van der Waals surface area contributed by atoms with Crippen molar-refractivity contribution in [2.75, 3.05) is 16.8 Å². The van der Waals surface area contributed by atoms with Gasteiger partial charge in [0.25, 0.3) is 0 Å². The molecule has 5 nitrogen and oxygen atoms in total. The zero-order valence-electron chi connectivity index (χ0n) is 10.3. The van der Waals surface area contributed by atoms with Crippen molar-refractivity contribution in [3.63, 3.8) is 0 Å². The van der Waals surface area contributed by atoms with E-state index in [-0.39, 0.29) is 11.8 Å². The molecule has 1 fully saturated rings. The predicted octanol–water partition coefficient (Wildman–Crippen LogP) is 1.45. The lowest BCUT2D eigenvalue weighted by molar-refractivity contribution is 0.532. The molecule has 0 radical (unpaired) electrons. The smallest absolute Gasteiger partial charge is 0.152 e. The molecule has 0 aliphatic carbocycles. The predicted molar refractivity (Wildman–Crippen MR) is 67.9 cm³/mol. The van der Waals surface area contributed by atoms with E-state index in [1.165, 1.54) is 0 Å². The number of sulfone groups is 1. The summed E-state index contributed by atoms with van der Waals surface area (Å²) in [6.07, 6.45) is 5.33. The maximum atomic E-state index is 11.5. The number of hydrogen-bond donors (Lipinski definition) is 1. The molecule has 6 heteroatoms. The highest BCUT2D eigenvalue weighted by atomic mass is 32.2. The molecule has 1 aromatic heterocycles. The van der Waals surface area contributed by atoms with Gasteiger partial charge in [0.1, 0.15) is 0 Å². The van der Waals surface area contributed by atoms with E-state index in [1.54, 1.807) is 6.20 Å². The molecule has 1 saturated heterocycles. The Bertz CT molecular complexity index is 479. The first-order chi connectivity index (χ1) is 7.96. The average Bonchev–Trinajstić information content (AvgIpc) is 2.64. The molecule has 1 aromatic rings. The summed E-state index contributed by atoms with van der Waals surface area (Å²) in [4.78, 5) is 0. The number of nitrogens with one attached hydrogen (secondary N) is 1. The summed E-state index contributed by atoms with van der Waals surface area (Å²) in [5.41, 5.74) is 0.904. The van der Waals surface area contributed by atoms with Crippen LogP contribution >= 0.6 is 0 Å². The maximum absolute atomic E-state index is 11.5. The monoisotopic (exact) mass is 257 g/mol. The Hall–Kier alpha value is -1.04. The standard InChI is InChI=1S/C11H19N3O2S/c1-9(2)14-7-11(6-12-14)13-10-4-3-5-17(15,16)8-10/h6-7,9-10,13H,3-5,8H2,1-2H3. The van der Waals surface area contributed by atoms with Crippen molar-refractivity contribution in [1.82, 2.24) is 9.78 Å². The van der Waals surface area contributed by atoms with E-state index >= 15 is 0 Å². The largest absolute Gasteiger partial charge is 0.379 e. The maximum Gasteiger partial charge on any atom is 0.152 e. The van der Waals surface area contributed by atoms with Gasteiger partial charge in [0.15, 0.2) is 9.84 Å². The summed E-state index contributed by atoms with van der Waals surface area (Å²) in [5.74, 6) is 0.566. The van der Waals surface area contributed by atoms with E-state index in [2.05, 4.69) is 24.3 Å². The fourth-order valence-corrected chi connectivity index (χ4v) is 3.70. The van der Waals surface area contributed by atoms with Crippen LogP contribution in [0.1, 0.15) is 32.7 Å². The molecule has 96 valence electrons. The van der Waals surface area contributed by atoms with Crippen LogP contribution < -0.4 is 5.32 Å². The number of nitrogens with zero attached hydrogens (tertiary/aromatic N) is 2. The van der Waals surface area contributed by atoms with Gasteiger partial charge in [-0.25, -0.2) is 8.42 Å². The molecular weight excluding hydrogens is 238 g/mol. The van der Waals surface area contributed by atoms with E-state index in [9.17, 15) is 8.42 Å². The SMILES string of the molecule is CC(C)n1cc(NC2CCCS(=O)(=O)C2)cn1. The third-order valence-electron chi connectivity index (χ3n) is 2.96. The van der Waals surface area contributed by atoms with Crippen molar-refractivity contribution in [2.45, 2.75) is 38.8 Å². The topological polar surface area (TPSA) is 64.0 Å². The second-order valence-electron chi connectivity index (χ2n) is 4.90. The molecule has 1 unspecified atom stereocenters. The van der Waals surface area contributed by atoms with Gasteiger partial charge < -0.3 is 5.32 Å². The third-order valence-corrected chi connectivity index (χ3v) is 4.79. The first kappa shape index (κ1) is 12.4. The summed E-state index contributed by atoms with van der Waals surface area (Å²) in [5, 5.41) is 7.47. The summed E-state index contributed by atoms with van der Waals surface area (Å²) in [6, 6.07) is 0.346. The van der Waals surface area contributed by atoms with Crippen LogP contribution in [-0.4, -0.2) is 35.7 Å². The molecule has 17 heavy (non-hydrogen) atoms. The van der Waals surface area contributed by atoms with Crippen molar-refractivity contribution < 1.29 is 8.42 Å². The lowest BCUT2D eigenvalue weighted by Gasteiger charge is -2.23. The summed E-state index contributed by atoms with van der Waals surface area (Å²) in [7, 11) is -2.85. The Morgan fingerprint density at radius 2 is 2.29 bits per heavy atom. The highest BCUT2D eigenvalue weighted by Crippen LogP contribution is 2.18. The summed E-state index contributed by atoms with van der Waals surface area (Å²) < 4.78 is 24.9. The molecule has 0 spiro atoms. The zero-order valence-corrected chi connectivity index (χ0v) is 11.1. The second-order valence-corrected chi connectivity index (χ2v) is 7.13. The Balaban J connectivity index is 2.00. The fraction of sp³-hybridized carbons (Fsp3) is 0.727. The quantitative estimate of drug-likeness (QED) is 0.890. The van der Waals surface area contributed by atoms with Crippen LogP contribution in [-0.2, 0) is 9.84 Å². The Kier molecular flexibility index (Phi) is 3.42. The number of anilines is 1. The molecule has 0 aromatic carbocycles. The number of rotatable bonds is 3. The Labute approximate surface area is 102 Å². The normalized spacial score (nSPS) is 23.8. The van der Waals surface area contributed by atoms with Crippen molar-refractivity contribution in [3.8, 4) is 0 Å².